The summed E-state index contributed by atoms with van der Waals surface area (Å²) in [6.45, 7) is 0. The molecule has 0 aromatic carbocycles. The van der Waals surface area contributed by atoms with Crippen LogP contribution in [0, 0.1) is 10.1 Å². The fraction of sp³-hybridized carbons (Fsp3) is 0. The van der Waals surface area contributed by atoms with E-state index in [9.17, 15) is 10.1 Å². The second-order valence-corrected chi connectivity index (χ2v) is 3.40. The van der Waals surface area contributed by atoms with Gasteiger partial charge in [0, 0.05) is 0 Å². The highest BCUT2D eigenvalue weighted by Crippen LogP contribution is 2.21. The van der Waals surface area contributed by atoms with Crippen LogP contribution in [0.2, 0.25) is 0 Å². The number of hydrogen-bond acceptors (Lipinski definition) is 3. The van der Waals surface area contributed by atoms with Crippen molar-refractivity contribution in [2.45, 2.75) is 0 Å². The number of nitrogens with zero attached hydrogens (tertiary/aromatic N) is 2. The highest BCUT2D eigenvalue weighted by atomic mass is 79.9. The first kappa shape index (κ1) is 9.40. The lowest BCUT2D eigenvalue weighted by molar-refractivity contribution is -0.445. The highest BCUT2D eigenvalue weighted by molar-refractivity contribution is 9.11. The number of hydrogen-bond donors (Lipinski definition) is 1. The molecule has 0 aliphatic rings. The van der Waals surface area contributed by atoms with Gasteiger partial charge in [-0.05, 0) is 44.0 Å². The van der Waals surface area contributed by atoms with Crippen molar-refractivity contribution in [1.82, 2.24) is 4.98 Å². The average Bonchev–Trinajstić information content (AvgIpc) is 1.94. The largest absolute Gasteiger partial charge is 0.235 e. The zero-order chi connectivity index (χ0) is 9.14. The molecule has 1 rings (SSSR count). The maximum atomic E-state index is 10.0. The summed E-state index contributed by atoms with van der Waals surface area (Å²) in [5.41, 5.74) is 2.31. The number of pyridine rings is 1. The van der Waals surface area contributed by atoms with E-state index in [0.29, 0.717) is 14.9 Å². The molecule has 7 heteroatoms. The second kappa shape index (κ2) is 3.81. The SMILES string of the molecule is O=[N+]([O-])Nc1ccc(Br)nc1Br. The number of rotatable bonds is 2. The van der Waals surface area contributed by atoms with E-state index in [1.807, 2.05) is 5.43 Å². The van der Waals surface area contributed by atoms with Gasteiger partial charge in [0.2, 0.25) is 0 Å². The Hall–Kier alpha value is -0.690. The van der Waals surface area contributed by atoms with E-state index in [4.69, 9.17) is 0 Å². The number of nitrogens with one attached hydrogen (secondary N) is 1. The van der Waals surface area contributed by atoms with Gasteiger partial charge in [0.1, 0.15) is 14.9 Å². The number of nitro groups is 1. The molecule has 0 saturated carbocycles. The van der Waals surface area contributed by atoms with E-state index in [1.165, 1.54) is 0 Å². The van der Waals surface area contributed by atoms with Crippen molar-refractivity contribution in [2.24, 2.45) is 0 Å². The lowest BCUT2D eigenvalue weighted by Gasteiger charge is -1.99. The summed E-state index contributed by atoms with van der Waals surface area (Å²) in [6, 6.07) is 3.15. The first-order valence-electron chi connectivity index (χ1n) is 2.82. The van der Waals surface area contributed by atoms with E-state index in [1.54, 1.807) is 12.1 Å². The summed E-state index contributed by atoms with van der Waals surface area (Å²) in [7, 11) is 0. The summed E-state index contributed by atoms with van der Waals surface area (Å²) in [6.07, 6.45) is 0. The Balaban J connectivity index is 2.93. The Kier molecular flexibility index (Phi) is 2.99. The van der Waals surface area contributed by atoms with Crippen LogP contribution < -0.4 is 5.43 Å². The van der Waals surface area contributed by atoms with Crippen LogP contribution in [0.5, 0.6) is 0 Å². The third kappa shape index (κ3) is 2.42. The van der Waals surface area contributed by atoms with Crippen molar-refractivity contribution < 1.29 is 5.03 Å². The Morgan fingerprint density at radius 3 is 2.67 bits per heavy atom. The maximum absolute atomic E-state index is 10.0. The summed E-state index contributed by atoms with van der Waals surface area (Å²) in [5, 5.41) is 9.40. The first-order valence-corrected chi connectivity index (χ1v) is 4.41. The zero-order valence-corrected chi connectivity index (χ0v) is 8.79. The Morgan fingerprint density at radius 2 is 2.17 bits per heavy atom. The van der Waals surface area contributed by atoms with Crippen molar-refractivity contribution in [1.29, 1.82) is 0 Å². The minimum atomic E-state index is -0.643. The predicted molar refractivity (Wildman–Crippen MR) is 50.3 cm³/mol. The molecule has 0 fully saturated rings. The van der Waals surface area contributed by atoms with Gasteiger partial charge in [-0.3, -0.25) is 0 Å². The lowest BCUT2D eigenvalue weighted by atomic mass is 10.4. The summed E-state index contributed by atoms with van der Waals surface area (Å²) in [4.78, 5) is 13.9. The topological polar surface area (TPSA) is 68.1 Å². The Bertz CT molecular complexity index is 318. The second-order valence-electron chi connectivity index (χ2n) is 1.84. The van der Waals surface area contributed by atoms with Gasteiger partial charge in [-0.25, -0.2) is 15.1 Å². The smallest absolute Gasteiger partial charge is 0.162 e. The molecule has 0 aliphatic heterocycles. The molecule has 0 unspecified atom stereocenters. The number of anilines is 1. The molecule has 0 atom stereocenters. The molecule has 0 amide bonds. The molecule has 5 nitrogen and oxygen atoms in total. The van der Waals surface area contributed by atoms with Gasteiger partial charge in [0.25, 0.3) is 0 Å². The molecule has 0 saturated heterocycles. The minimum Gasteiger partial charge on any atom is -0.235 e. The molecule has 0 bridgehead atoms. The third-order valence-electron chi connectivity index (χ3n) is 1.03. The molecule has 1 N–H and O–H groups in total. The molecule has 64 valence electrons. The molecule has 0 radical (unpaired) electrons. The summed E-state index contributed by atoms with van der Waals surface area (Å²) >= 11 is 6.19. The van der Waals surface area contributed by atoms with Gasteiger partial charge in [0.05, 0.1) is 0 Å². The molecule has 0 spiro atoms. The monoisotopic (exact) mass is 295 g/mol. The third-order valence-corrected chi connectivity index (χ3v) is 2.07. The molecule has 0 aliphatic carbocycles. The normalized spacial score (nSPS) is 9.50. The van der Waals surface area contributed by atoms with E-state index in [0.717, 1.165) is 0 Å². The van der Waals surface area contributed by atoms with Crippen LogP contribution in [0.3, 0.4) is 0 Å². The summed E-state index contributed by atoms with van der Waals surface area (Å²) < 4.78 is 1.01. The van der Waals surface area contributed by atoms with Crippen LogP contribution in [0.15, 0.2) is 21.3 Å². The van der Waals surface area contributed by atoms with Crippen molar-refractivity contribution in [3.63, 3.8) is 0 Å². The van der Waals surface area contributed by atoms with E-state index >= 15 is 0 Å². The summed E-state index contributed by atoms with van der Waals surface area (Å²) in [5.74, 6) is 0. The quantitative estimate of drug-likeness (QED) is 0.516. The van der Waals surface area contributed by atoms with E-state index < -0.39 is 5.03 Å². The molecular weight excluding hydrogens is 294 g/mol. The van der Waals surface area contributed by atoms with Crippen molar-refractivity contribution in [3.8, 4) is 0 Å². The van der Waals surface area contributed by atoms with Crippen molar-refractivity contribution in [2.75, 3.05) is 5.43 Å². The van der Waals surface area contributed by atoms with Gasteiger partial charge in [0.15, 0.2) is 5.03 Å². The van der Waals surface area contributed by atoms with E-state index in [2.05, 4.69) is 36.8 Å². The molecule has 1 heterocycles. The van der Waals surface area contributed by atoms with Crippen LogP contribution in [-0.2, 0) is 0 Å². The average molecular weight is 297 g/mol. The fourth-order valence-corrected chi connectivity index (χ4v) is 1.55. The van der Waals surface area contributed by atoms with E-state index in [-0.39, 0.29) is 0 Å². The van der Waals surface area contributed by atoms with Crippen LogP contribution in [0.25, 0.3) is 0 Å². The lowest BCUT2D eigenvalue weighted by Crippen LogP contribution is -2.08. The van der Waals surface area contributed by atoms with Gasteiger partial charge in [-0.1, -0.05) is 0 Å². The number of halogens is 2. The Morgan fingerprint density at radius 1 is 1.50 bits per heavy atom. The molecule has 1 aromatic rings. The minimum absolute atomic E-state index is 0.322. The van der Waals surface area contributed by atoms with Crippen LogP contribution >= 0.6 is 31.9 Å². The van der Waals surface area contributed by atoms with Crippen LogP contribution in [0.4, 0.5) is 5.69 Å². The predicted octanol–water partition coefficient (Wildman–Crippen LogP) is 2.21. The first-order chi connectivity index (χ1) is 5.59. The molecule has 1 aromatic heterocycles. The molecular formula is C5H3Br2N3O2. The van der Waals surface area contributed by atoms with Gasteiger partial charge >= 0.3 is 0 Å². The standard InChI is InChI=1S/C5H3Br2N3O2/c6-4-2-1-3(5(7)8-4)9-10(11)12/h1-2,9H. The number of hydrazine groups is 1. The zero-order valence-electron chi connectivity index (χ0n) is 5.62. The van der Waals surface area contributed by atoms with Crippen LogP contribution in [0.1, 0.15) is 0 Å². The molecule has 12 heavy (non-hydrogen) atoms. The van der Waals surface area contributed by atoms with Gasteiger partial charge < -0.3 is 0 Å². The van der Waals surface area contributed by atoms with Crippen molar-refractivity contribution >= 4 is 37.5 Å². The fourth-order valence-electron chi connectivity index (χ4n) is 0.594. The highest BCUT2D eigenvalue weighted by Gasteiger charge is 2.05. The maximum Gasteiger partial charge on any atom is 0.162 e. The van der Waals surface area contributed by atoms with Crippen LogP contribution in [-0.4, -0.2) is 10.0 Å². The van der Waals surface area contributed by atoms with Crippen molar-refractivity contribution in [3.05, 3.63) is 31.5 Å². The van der Waals surface area contributed by atoms with Gasteiger partial charge in [-0.15, -0.1) is 5.43 Å². The van der Waals surface area contributed by atoms with Gasteiger partial charge in [-0.2, -0.15) is 0 Å². The number of aromatic nitrogens is 1. The Labute approximate surface area is 84.6 Å².